The first-order valence-corrected chi connectivity index (χ1v) is 10.1. The number of sulfonamides is 1. The largest absolute Gasteiger partial charge is 0.322 e. The highest BCUT2D eigenvalue weighted by Crippen LogP contribution is 2.28. The first kappa shape index (κ1) is 18.2. The van der Waals surface area contributed by atoms with Gasteiger partial charge in [0.2, 0.25) is 15.9 Å². The number of allylic oxidation sites excluding steroid dienone is 1. The highest BCUT2D eigenvalue weighted by atomic mass is 32.2. The Balaban J connectivity index is 1.81. The fourth-order valence-corrected chi connectivity index (χ4v) is 4.54. The first-order valence-electron chi connectivity index (χ1n) is 8.52. The van der Waals surface area contributed by atoms with Gasteiger partial charge in [0.1, 0.15) is 0 Å². The summed E-state index contributed by atoms with van der Waals surface area (Å²) in [7, 11) is -3.24. The molecule has 0 aromatic heterocycles. The lowest BCUT2D eigenvalue weighted by Gasteiger charge is -2.18. The summed E-state index contributed by atoms with van der Waals surface area (Å²) in [6.07, 6.45) is 2.17. The van der Waals surface area contributed by atoms with E-state index in [0.29, 0.717) is 24.3 Å². The molecule has 0 radical (unpaired) electrons. The van der Waals surface area contributed by atoms with E-state index in [2.05, 4.69) is 5.32 Å². The smallest absolute Gasteiger partial charge is 0.248 e. The second-order valence-electron chi connectivity index (χ2n) is 6.42. The van der Waals surface area contributed by atoms with Crippen LogP contribution in [0, 0.1) is 6.92 Å². The summed E-state index contributed by atoms with van der Waals surface area (Å²) in [5, 5.41) is 2.87. The van der Waals surface area contributed by atoms with Crippen LogP contribution >= 0.6 is 0 Å². The normalized spacial score (nSPS) is 16.5. The van der Waals surface area contributed by atoms with Gasteiger partial charge in [-0.25, -0.2) is 8.42 Å². The highest BCUT2D eigenvalue weighted by molar-refractivity contribution is 7.93. The van der Waals surface area contributed by atoms with Gasteiger partial charge in [0.05, 0.1) is 11.4 Å². The zero-order valence-electron chi connectivity index (χ0n) is 14.9. The summed E-state index contributed by atoms with van der Waals surface area (Å²) in [5.74, 6) is -0.0717. The third-order valence-corrected chi connectivity index (χ3v) is 6.31. The monoisotopic (exact) mass is 370 g/mol. The molecule has 2 aromatic carbocycles. The van der Waals surface area contributed by atoms with Gasteiger partial charge in [-0.3, -0.25) is 9.10 Å². The maximum absolute atomic E-state index is 12.4. The van der Waals surface area contributed by atoms with Crippen LogP contribution in [0.2, 0.25) is 0 Å². The number of nitrogens with one attached hydrogen (secondary N) is 1. The predicted octanol–water partition coefficient (Wildman–Crippen LogP) is 3.58. The molecule has 1 aliphatic rings. The van der Waals surface area contributed by atoms with Crippen molar-refractivity contribution in [1.82, 2.24) is 0 Å². The Hall–Kier alpha value is -2.60. The van der Waals surface area contributed by atoms with E-state index in [1.54, 1.807) is 18.2 Å². The van der Waals surface area contributed by atoms with Crippen molar-refractivity contribution in [2.45, 2.75) is 20.3 Å². The number of benzene rings is 2. The van der Waals surface area contributed by atoms with Gasteiger partial charge < -0.3 is 5.32 Å². The van der Waals surface area contributed by atoms with E-state index in [1.165, 1.54) is 4.31 Å². The SMILES string of the molecule is C/C(=C\C(=O)Nc1cc(N2CCCS2(=O)=O)ccc1C)c1ccccc1. The van der Waals surface area contributed by atoms with Crippen LogP contribution in [0.4, 0.5) is 11.4 Å². The number of amides is 1. The molecule has 26 heavy (non-hydrogen) atoms. The Morgan fingerprint density at radius 3 is 2.54 bits per heavy atom. The third-order valence-electron chi connectivity index (χ3n) is 4.44. The third kappa shape index (κ3) is 3.96. The molecule has 1 N–H and O–H groups in total. The van der Waals surface area contributed by atoms with E-state index >= 15 is 0 Å². The van der Waals surface area contributed by atoms with Crippen molar-refractivity contribution in [2.24, 2.45) is 0 Å². The number of carbonyl (C=O) groups excluding carboxylic acids is 1. The molecule has 0 bridgehead atoms. The molecule has 1 aliphatic heterocycles. The van der Waals surface area contributed by atoms with Crippen molar-refractivity contribution in [2.75, 3.05) is 21.9 Å². The molecular formula is C20H22N2O3S. The summed E-state index contributed by atoms with van der Waals surface area (Å²) in [6.45, 7) is 4.24. The zero-order valence-corrected chi connectivity index (χ0v) is 15.7. The van der Waals surface area contributed by atoms with E-state index in [4.69, 9.17) is 0 Å². The van der Waals surface area contributed by atoms with Crippen LogP contribution < -0.4 is 9.62 Å². The second kappa shape index (κ2) is 7.33. The van der Waals surface area contributed by atoms with Crippen molar-refractivity contribution in [3.05, 3.63) is 65.7 Å². The summed E-state index contributed by atoms with van der Waals surface area (Å²) in [5.41, 5.74) is 3.93. The van der Waals surface area contributed by atoms with E-state index in [1.807, 2.05) is 50.2 Å². The second-order valence-corrected chi connectivity index (χ2v) is 8.44. The molecule has 6 heteroatoms. The Kier molecular flexibility index (Phi) is 5.13. The van der Waals surface area contributed by atoms with Crippen LogP contribution in [-0.4, -0.2) is 26.6 Å². The van der Waals surface area contributed by atoms with Crippen LogP contribution in [0.1, 0.15) is 24.5 Å². The van der Waals surface area contributed by atoms with E-state index in [9.17, 15) is 13.2 Å². The maximum atomic E-state index is 12.4. The molecule has 0 atom stereocenters. The fraction of sp³-hybridized carbons (Fsp3) is 0.250. The molecule has 3 rings (SSSR count). The summed E-state index contributed by atoms with van der Waals surface area (Å²) >= 11 is 0. The van der Waals surface area contributed by atoms with Crippen LogP contribution in [0.3, 0.4) is 0 Å². The molecule has 1 amide bonds. The van der Waals surface area contributed by atoms with Crippen molar-refractivity contribution in [1.29, 1.82) is 0 Å². The van der Waals surface area contributed by atoms with Crippen molar-refractivity contribution < 1.29 is 13.2 Å². The van der Waals surface area contributed by atoms with Gasteiger partial charge in [-0.1, -0.05) is 36.4 Å². The van der Waals surface area contributed by atoms with Gasteiger partial charge in [-0.2, -0.15) is 0 Å². The molecule has 0 unspecified atom stereocenters. The molecule has 2 aromatic rings. The van der Waals surface area contributed by atoms with Gasteiger partial charge in [0, 0.05) is 18.3 Å². The molecule has 5 nitrogen and oxygen atoms in total. The number of hydrogen-bond donors (Lipinski definition) is 1. The summed E-state index contributed by atoms with van der Waals surface area (Å²) in [4.78, 5) is 12.4. The standard InChI is InChI=1S/C20H22N2O3S/c1-15-9-10-18(22-11-6-12-26(22,24)25)14-19(15)21-20(23)13-16(2)17-7-4-3-5-8-17/h3-5,7-10,13-14H,6,11-12H2,1-2H3,(H,21,23)/b16-13+. The minimum absolute atomic E-state index is 0.168. The number of aryl methyl sites for hydroxylation is 1. The minimum atomic E-state index is -3.24. The number of rotatable bonds is 4. The predicted molar refractivity (Wildman–Crippen MR) is 106 cm³/mol. The van der Waals surface area contributed by atoms with Crippen LogP contribution in [0.15, 0.2) is 54.6 Å². The fourth-order valence-electron chi connectivity index (χ4n) is 2.98. The molecule has 1 saturated heterocycles. The Morgan fingerprint density at radius 1 is 1.15 bits per heavy atom. The quantitative estimate of drug-likeness (QED) is 0.837. The van der Waals surface area contributed by atoms with Crippen LogP contribution in [0.25, 0.3) is 5.57 Å². The lowest BCUT2D eigenvalue weighted by Crippen LogP contribution is -2.25. The van der Waals surface area contributed by atoms with E-state index < -0.39 is 10.0 Å². The molecule has 136 valence electrons. The Morgan fingerprint density at radius 2 is 1.88 bits per heavy atom. The summed E-state index contributed by atoms with van der Waals surface area (Å²) < 4.78 is 25.6. The average Bonchev–Trinajstić information content (AvgIpc) is 2.97. The van der Waals surface area contributed by atoms with Crippen LogP contribution in [-0.2, 0) is 14.8 Å². The average molecular weight is 370 g/mol. The number of anilines is 2. The van der Waals surface area contributed by atoms with Gasteiger partial charge in [0.25, 0.3) is 0 Å². The minimum Gasteiger partial charge on any atom is -0.322 e. The Bertz CT molecular complexity index is 950. The Labute approximate surface area is 154 Å². The van der Waals surface area contributed by atoms with E-state index in [0.717, 1.165) is 16.7 Å². The molecule has 0 saturated carbocycles. The maximum Gasteiger partial charge on any atom is 0.248 e. The molecule has 1 heterocycles. The van der Waals surface area contributed by atoms with Crippen molar-refractivity contribution >= 4 is 32.9 Å². The van der Waals surface area contributed by atoms with Gasteiger partial charge in [0.15, 0.2) is 0 Å². The number of carbonyl (C=O) groups is 1. The first-order chi connectivity index (χ1) is 12.4. The summed E-state index contributed by atoms with van der Waals surface area (Å²) in [6, 6.07) is 15.0. The van der Waals surface area contributed by atoms with Crippen LogP contribution in [0.5, 0.6) is 0 Å². The van der Waals surface area contributed by atoms with Gasteiger partial charge in [-0.05, 0) is 49.1 Å². The van der Waals surface area contributed by atoms with Gasteiger partial charge in [-0.15, -0.1) is 0 Å². The molecule has 0 aliphatic carbocycles. The molecular weight excluding hydrogens is 348 g/mol. The zero-order chi connectivity index (χ0) is 18.7. The van der Waals surface area contributed by atoms with E-state index in [-0.39, 0.29) is 11.7 Å². The topological polar surface area (TPSA) is 66.5 Å². The lowest BCUT2D eigenvalue weighted by molar-refractivity contribution is -0.111. The lowest BCUT2D eigenvalue weighted by atomic mass is 10.1. The molecule has 1 fully saturated rings. The highest BCUT2D eigenvalue weighted by Gasteiger charge is 2.28. The van der Waals surface area contributed by atoms with Crippen molar-refractivity contribution in [3.63, 3.8) is 0 Å². The number of hydrogen-bond acceptors (Lipinski definition) is 3. The molecule has 0 spiro atoms. The van der Waals surface area contributed by atoms with Crippen molar-refractivity contribution in [3.8, 4) is 0 Å². The van der Waals surface area contributed by atoms with Gasteiger partial charge >= 0.3 is 0 Å². The number of nitrogens with zero attached hydrogens (tertiary/aromatic N) is 1.